The number of nitrogens with one attached hydrogen (secondary N) is 2. The third kappa shape index (κ3) is 7.04. The normalized spacial score (nSPS) is 17.5. The standard InChI is InChI=1S/C24H25N5O4S/c1-15(4-5-16-6-12-19(13-7-16)29(2)3)27-28-24-26-21(30)14-20(34-24)22(31)25-18-10-8-17(9-11-18)23(32)33/h4-13,20H,14H2,1-3H3,(H,25,31)(H,32,33)(H,26,28,30)/b5-4+,27-15?. The number of carboxylic acids is 1. The number of anilines is 2. The maximum absolute atomic E-state index is 12.6. The Hall–Kier alpha value is -3.92. The Morgan fingerprint density at radius 3 is 2.44 bits per heavy atom. The van der Waals surface area contributed by atoms with Gasteiger partial charge in [0.15, 0.2) is 5.17 Å². The third-order valence-corrected chi connectivity index (χ3v) is 5.86. The molecule has 0 spiro atoms. The van der Waals surface area contributed by atoms with Crippen LogP contribution in [0.2, 0.25) is 0 Å². The van der Waals surface area contributed by atoms with Crippen molar-refractivity contribution in [2.45, 2.75) is 18.6 Å². The Bertz CT molecular complexity index is 1150. The maximum Gasteiger partial charge on any atom is 0.335 e. The maximum atomic E-state index is 12.6. The van der Waals surface area contributed by atoms with Crippen LogP contribution in [-0.4, -0.2) is 53.1 Å². The van der Waals surface area contributed by atoms with E-state index in [1.165, 1.54) is 24.3 Å². The number of amides is 2. The van der Waals surface area contributed by atoms with Crippen LogP contribution in [0.5, 0.6) is 0 Å². The number of amidine groups is 1. The van der Waals surface area contributed by atoms with Gasteiger partial charge in [0, 0.05) is 31.9 Å². The molecule has 1 atom stereocenters. The van der Waals surface area contributed by atoms with Crippen LogP contribution in [0.4, 0.5) is 11.4 Å². The molecule has 2 amide bonds. The summed E-state index contributed by atoms with van der Waals surface area (Å²) in [5.41, 5.74) is 3.31. The molecular formula is C24H25N5O4S. The summed E-state index contributed by atoms with van der Waals surface area (Å²) in [7, 11) is 3.96. The lowest BCUT2D eigenvalue weighted by molar-refractivity contribution is -0.123. The zero-order valence-electron chi connectivity index (χ0n) is 19.0. The second-order valence-corrected chi connectivity index (χ2v) is 8.89. The summed E-state index contributed by atoms with van der Waals surface area (Å²) in [6, 6.07) is 13.8. The van der Waals surface area contributed by atoms with Crippen molar-refractivity contribution in [1.29, 1.82) is 0 Å². The van der Waals surface area contributed by atoms with Gasteiger partial charge in [0.25, 0.3) is 0 Å². The van der Waals surface area contributed by atoms with Crippen molar-refractivity contribution in [1.82, 2.24) is 5.32 Å². The minimum Gasteiger partial charge on any atom is -0.478 e. The van der Waals surface area contributed by atoms with E-state index in [0.717, 1.165) is 23.0 Å². The van der Waals surface area contributed by atoms with Crippen molar-refractivity contribution >= 4 is 57.9 Å². The summed E-state index contributed by atoms with van der Waals surface area (Å²) >= 11 is 1.11. The van der Waals surface area contributed by atoms with Gasteiger partial charge in [0.05, 0.1) is 11.3 Å². The fraction of sp³-hybridized carbons (Fsp3) is 0.208. The van der Waals surface area contributed by atoms with Crippen LogP contribution >= 0.6 is 11.8 Å². The molecule has 176 valence electrons. The predicted molar refractivity (Wildman–Crippen MR) is 137 cm³/mol. The zero-order chi connectivity index (χ0) is 24.7. The smallest absolute Gasteiger partial charge is 0.335 e. The van der Waals surface area contributed by atoms with E-state index >= 15 is 0 Å². The number of rotatable bonds is 7. The van der Waals surface area contributed by atoms with E-state index < -0.39 is 11.2 Å². The van der Waals surface area contributed by atoms with Gasteiger partial charge in [-0.05, 0) is 55.0 Å². The lowest BCUT2D eigenvalue weighted by Crippen LogP contribution is -2.41. The third-order valence-electron chi connectivity index (χ3n) is 4.79. The number of hydrogen-bond acceptors (Lipinski definition) is 7. The number of aromatic carboxylic acids is 1. The first-order chi connectivity index (χ1) is 16.2. The number of carbonyl (C=O) groups excluding carboxylic acids is 2. The molecule has 0 aliphatic carbocycles. The second-order valence-electron chi connectivity index (χ2n) is 7.70. The molecule has 0 radical (unpaired) electrons. The molecule has 2 aromatic carbocycles. The summed E-state index contributed by atoms with van der Waals surface area (Å²) in [4.78, 5) is 37.7. The fourth-order valence-corrected chi connectivity index (χ4v) is 3.85. The molecule has 0 aromatic heterocycles. The Morgan fingerprint density at radius 1 is 1.15 bits per heavy atom. The van der Waals surface area contributed by atoms with Crippen molar-refractivity contribution in [3.63, 3.8) is 0 Å². The van der Waals surface area contributed by atoms with Gasteiger partial charge < -0.3 is 20.6 Å². The molecule has 1 fully saturated rings. The van der Waals surface area contributed by atoms with Crippen LogP contribution in [-0.2, 0) is 9.59 Å². The van der Waals surface area contributed by atoms with Gasteiger partial charge >= 0.3 is 5.97 Å². The molecule has 9 nitrogen and oxygen atoms in total. The van der Waals surface area contributed by atoms with Crippen molar-refractivity contribution < 1.29 is 19.5 Å². The highest BCUT2D eigenvalue weighted by atomic mass is 32.2. The van der Waals surface area contributed by atoms with Crippen LogP contribution in [0, 0.1) is 0 Å². The summed E-state index contributed by atoms with van der Waals surface area (Å²) in [5, 5.41) is 22.1. The van der Waals surface area contributed by atoms with Crippen LogP contribution in [0.3, 0.4) is 0 Å². The number of carbonyl (C=O) groups is 3. The Kier molecular flexibility index (Phi) is 8.20. The number of allylic oxidation sites excluding steroid dienone is 1. The monoisotopic (exact) mass is 479 g/mol. The van der Waals surface area contributed by atoms with Gasteiger partial charge in [-0.2, -0.15) is 5.10 Å². The van der Waals surface area contributed by atoms with Crippen LogP contribution in [0.25, 0.3) is 6.08 Å². The highest BCUT2D eigenvalue weighted by molar-refractivity contribution is 8.15. The van der Waals surface area contributed by atoms with Crippen molar-refractivity contribution in [3.05, 3.63) is 65.7 Å². The first-order valence-electron chi connectivity index (χ1n) is 10.4. The largest absolute Gasteiger partial charge is 0.478 e. The lowest BCUT2D eigenvalue weighted by atomic mass is 10.2. The average Bonchev–Trinajstić information content (AvgIpc) is 2.81. The van der Waals surface area contributed by atoms with E-state index in [1.807, 2.05) is 55.4 Å². The fourth-order valence-electron chi connectivity index (χ4n) is 2.92. The summed E-state index contributed by atoms with van der Waals surface area (Å²) in [6.45, 7) is 1.79. The molecule has 1 aliphatic rings. The molecule has 1 saturated heterocycles. The molecule has 2 aromatic rings. The van der Waals surface area contributed by atoms with Gasteiger partial charge in [0.1, 0.15) is 5.25 Å². The Labute approximate surface area is 201 Å². The summed E-state index contributed by atoms with van der Waals surface area (Å²) in [5.74, 6) is -1.76. The Morgan fingerprint density at radius 2 is 1.82 bits per heavy atom. The van der Waals surface area contributed by atoms with Gasteiger partial charge in [-0.25, -0.2) is 4.79 Å². The number of carboxylic acid groups (broad SMARTS) is 1. The molecule has 3 rings (SSSR count). The van der Waals surface area contributed by atoms with E-state index in [-0.39, 0.29) is 29.0 Å². The molecule has 0 saturated carbocycles. The molecule has 1 aliphatic heterocycles. The van der Waals surface area contributed by atoms with E-state index in [9.17, 15) is 14.4 Å². The number of nitrogens with zero attached hydrogens (tertiary/aromatic N) is 3. The quantitative estimate of drug-likeness (QED) is 0.413. The Balaban J connectivity index is 1.62. The predicted octanol–water partition coefficient (Wildman–Crippen LogP) is 3.46. The highest BCUT2D eigenvalue weighted by Crippen LogP contribution is 2.23. The molecule has 34 heavy (non-hydrogen) atoms. The van der Waals surface area contributed by atoms with Gasteiger partial charge in [0.2, 0.25) is 11.8 Å². The first-order valence-corrected chi connectivity index (χ1v) is 11.3. The number of thioether (sulfide) groups is 1. The van der Waals surface area contributed by atoms with E-state index in [2.05, 4.69) is 20.8 Å². The zero-order valence-corrected chi connectivity index (χ0v) is 19.8. The minimum absolute atomic E-state index is 0.00568. The molecular weight excluding hydrogens is 454 g/mol. The van der Waals surface area contributed by atoms with Gasteiger partial charge in [-0.1, -0.05) is 30.0 Å². The summed E-state index contributed by atoms with van der Waals surface area (Å²) in [6.07, 6.45) is 3.72. The average molecular weight is 480 g/mol. The number of benzene rings is 2. The van der Waals surface area contributed by atoms with Gasteiger partial charge in [-0.3, -0.25) is 9.59 Å². The molecule has 1 unspecified atom stereocenters. The van der Waals surface area contributed by atoms with E-state index in [1.54, 1.807) is 6.92 Å². The van der Waals surface area contributed by atoms with Crippen molar-refractivity contribution in [2.24, 2.45) is 10.2 Å². The van der Waals surface area contributed by atoms with Crippen LogP contribution < -0.4 is 15.5 Å². The molecule has 10 heteroatoms. The van der Waals surface area contributed by atoms with Crippen molar-refractivity contribution in [3.8, 4) is 0 Å². The number of hydrogen-bond donors (Lipinski definition) is 3. The van der Waals surface area contributed by atoms with Gasteiger partial charge in [-0.15, -0.1) is 5.10 Å². The molecule has 0 bridgehead atoms. The first kappa shape index (κ1) is 24.7. The molecule has 3 N–H and O–H groups in total. The highest BCUT2D eigenvalue weighted by Gasteiger charge is 2.30. The topological polar surface area (TPSA) is 123 Å². The SMILES string of the molecule is CC(/C=C/c1ccc(N(C)C)cc1)=NN=C1NC(=O)CC(C(=O)Nc2ccc(C(=O)O)cc2)S1. The molecule has 1 heterocycles. The van der Waals surface area contributed by atoms with Crippen LogP contribution in [0.15, 0.2) is 64.8 Å². The minimum atomic E-state index is -1.05. The van der Waals surface area contributed by atoms with Crippen molar-refractivity contribution in [2.75, 3.05) is 24.3 Å². The van der Waals surface area contributed by atoms with E-state index in [4.69, 9.17) is 5.11 Å². The second kappa shape index (κ2) is 11.3. The van der Waals surface area contributed by atoms with E-state index in [0.29, 0.717) is 11.4 Å². The summed E-state index contributed by atoms with van der Waals surface area (Å²) < 4.78 is 0. The lowest BCUT2D eigenvalue weighted by Gasteiger charge is -2.21. The van der Waals surface area contributed by atoms with Crippen LogP contribution in [0.1, 0.15) is 29.3 Å².